The Morgan fingerprint density at radius 2 is 1.94 bits per heavy atom. The van der Waals surface area contributed by atoms with E-state index in [-0.39, 0.29) is 5.97 Å². The predicted octanol–water partition coefficient (Wildman–Crippen LogP) is 2.19. The van der Waals surface area contributed by atoms with E-state index >= 15 is 0 Å². The first-order valence-corrected chi connectivity index (χ1v) is 5.52. The molecular formula is C10H18F3NO3. The van der Waals surface area contributed by atoms with Gasteiger partial charge in [0.1, 0.15) is 0 Å². The standard InChI is InChI=1S/C10H18F3NO3/c1-2-16-9(15)6-4-3-5-7-14-17-8-10(11,12)13/h14H,2-8H2,1H3. The molecule has 0 heterocycles. The fourth-order valence-electron chi connectivity index (χ4n) is 1.08. The van der Waals surface area contributed by atoms with Gasteiger partial charge in [-0.1, -0.05) is 6.42 Å². The second kappa shape index (κ2) is 9.23. The lowest BCUT2D eigenvalue weighted by molar-refractivity contribution is -0.189. The predicted molar refractivity (Wildman–Crippen MR) is 55.1 cm³/mol. The Bertz CT molecular complexity index is 209. The van der Waals surface area contributed by atoms with Crippen LogP contribution in [0.15, 0.2) is 0 Å². The number of esters is 1. The van der Waals surface area contributed by atoms with Crippen LogP contribution in [0.25, 0.3) is 0 Å². The van der Waals surface area contributed by atoms with Crippen LogP contribution in [0.5, 0.6) is 0 Å². The van der Waals surface area contributed by atoms with Gasteiger partial charge < -0.3 is 4.74 Å². The van der Waals surface area contributed by atoms with Crippen molar-refractivity contribution in [3.8, 4) is 0 Å². The summed E-state index contributed by atoms with van der Waals surface area (Å²) >= 11 is 0. The molecule has 0 bridgehead atoms. The van der Waals surface area contributed by atoms with Crippen molar-refractivity contribution in [1.29, 1.82) is 0 Å². The Morgan fingerprint density at radius 1 is 1.24 bits per heavy atom. The van der Waals surface area contributed by atoms with E-state index in [1.807, 2.05) is 0 Å². The van der Waals surface area contributed by atoms with Gasteiger partial charge in [-0.15, -0.1) is 0 Å². The summed E-state index contributed by atoms with van der Waals surface area (Å²) in [5.41, 5.74) is 2.22. The maximum Gasteiger partial charge on any atom is 0.413 e. The van der Waals surface area contributed by atoms with Crippen LogP contribution >= 0.6 is 0 Å². The van der Waals surface area contributed by atoms with Gasteiger partial charge in [0.15, 0.2) is 6.61 Å². The maximum atomic E-state index is 11.6. The number of unbranched alkanes of at least 4 members (excludes halogenated alkanes) is 2. The number of hydrogen-bond acceptors (Lipinski definition) is 4. The molecule has 1 N–H and O–H groups in total. The molecule has 0 aromatic rings. The molecule has 0 spiro atoms. The van der Waals surface area contributed by atoms with Crippen LogP contribution in [0.4, 0.5) is 13.2 Å². The van der Waals surface area contributed by atoms with Crippen LogP contribution in [-0.4, -0.2) is 31.9 Å². The van der Waals surface area contributed by atoms with Crippen molar-refractivity contribution in [3.05, 3.63) is 0 Å². The first kappa shape index (κ1) is 16.2. The lowest BCUT2D eigenvalue weighted by atomic mass is 10.2. The zero-order chi connectivity index (χ0) is 13.1. The minimum absolute atomic E-state index is 0.242. The summed E-state index contributed by atoms with van der Waals surface area (Å²) in [5, 5.41) is 0. The number of hydroxylamine groups is 1. The fraction of sp³-hybridized carbons (Fsp3) is 0.900. The first-order valence-electron chi connectivity index (χ1n) is 5.52. The van der Waals surface area contributed by atoms with Crippen molar-refractivity contribution >= 4 is 5.97 Å². The van der Waals surface area contributed by atoms with Gasteiger partial charge in [0.25, 0.3) is 0 Å². The molecule has 0 rings (SSSR count). The summed E-state index contributed by atoms with van der Waals surface area (Å²) in [6.45, 7) is 1.14. The number of carbonyl (C=O) groups excluding carboxylic acids is 1. The van der Waals surface area contributed by atoms with Crippen LogP contribution in [0.1, 0.15) is 32.6 Å². The van der Waals surface area contributed by atoms with Gasteiger partial charge in [-0.25, -0.2) is 5.48 Å². The van der Waals surface area contributed by atoms with Crippen molar-refractivity contribution < 1.29 is 27.5 Å². The molecule has 0 aliphatic heterocycles. The number of alkyl halides is 3. The number of carbonyl (C=O) groups is 1. The minimum atomic E-state index is -4.31. The van der Waals surface area contributed by atoms with Crippen molar-refractivity contribution in [1.82, 2.24) is 5.48 Å². The van der Waals surface area contributed by atoms with Crippen molar-refractivity contribution in [2.24, 2.45) is 0 Å². The van der Waals surface area contributed by atoms with Crippen molar-refractivity contribution in [2.75, 3.05) is 19.8 Å². The Balaban J connectivity index is 3.16. The highest BCUT2D eigenvalue weighted by atomic mass is 19.4. The molecule has 0 fully saturated rings. The molecule has 0 aliphatic carbocycles. The van der Waals surface area contributed by atoms with Crippen molar-refractivity contribution in [2.45, 2.75) is 38.8 Å². The normalized spacial score (nSPS) is 11.5. The summed E-state index contributed by atoms with van der Waals surface area (Å²) < 4.78 is 39.6. The van der Waals surface area contributed by atoms with E-state index in [1.54, 1.807) is 6.92 Å². The van der Waals surface area contributed by atoms with Gasteiger partial charge in [0, 0.05) is 13.0 Å². The Hall–Kier alpha value is -0.820. The summed E-state index contributed by atoms with van der Waals surface area (Å²) in [7, 11) is 0. The summed E-state index contributed by atoms with van der Waals surface area (Å²) in [5.74, 6) is -0.242. The molecule has 0 saturated heterocycles. The van der Waals surface area contributed by atoms with Crippen LogP contribution in [0.2, 0.25) is 0 Å². The molecule has 0 saturated carbocycles. The molecule has 7 heteroatoms. The molecule has 0 aliphatic rings. The molecular weight excluding hydrogens is 239 g/mol. The highest BCUT2D eigenvalue weighted by Gasteiger charge is 2.27. The Morgan fingerprint density at radius 3 is 2.53 bits per heavy atom. The fourth-order valence-corrected chi connectivity index (χ4v) is 1.08. The zero-order valence-corrected chi connectivity index (χ0v) is 9.81. The maximum absolute atomic E-state index is 11.6. The Kier molecular flexibility index (Phi) is 8.79. The van der Waals surface area contributed by atoms with E-state index in [1.165, 1.54) is 0 Å². The van der Waals surface area contributed by atoms with Gasteiger partial charge >= 0.3 is 12.1 Å². The molecule has 17 heavy (non-hydrogen) atoms. The van der Waals surface area contributed by atoms with E-state index in [0.29, 0.717) is 32.4 Å². The van der Waals surface area contributed by atoms with Crippen LogP contribution < -0.4 is 5.48 Å². The lowest BCUT2D eigenvalue weighted by Gasteiger charge is -2.08. The third-order valence-corrected chi connectivity index (χ3v) is 1.80. The third kappa shape index (κ3) is 13.1. The molecule has 4 nitrogen and oxygen atoms in total. The summed E-state index contributed by atoms with van der Waals surface area (Å²) in [6, 6.07) is 0. The average molecular weight is 257 g/mol. The monoisotopic (exact) mass is 257 g/mol. The van der Waals surface area contributed by atoms with Gasteiger partial charge in [-0.2, -0.15) is 13.2 Å². The molecule has 0 aromatic carbocycles. The van der Waals surface area contributed by atoms with Gasteiger partial charge in [0.05, 0.1) is 6.61 Å². The molecule has 0 radical (unpaired) electrons. The highest BCUT2D eigenvalue weighted by Crippen LogP contribution is 2.13. The third-order valence-electron chi connectivity index (χ3n) is 1.80. The first-order chi connectivity index (χ1) is 7.95. The van der Waals surface area contributed by atoms with Gasteiger partial charge in [-0.05, 0) is 19.8 Å². The number of halogens is 3. The van der Waals surface area contributed by atoms with E-state index in [9.17, 15) is 18.0 Å². The SMILES string of the molecule is CCOC(=O)CCCCCNOCC(F)(F)F. The number of rotatable bonds is 9. The molecule has 102 valence electrons. The molecule has 0 aromatic heterocycles. The number of nitrogens with one attached hydrogen (secondary N) is 1. The molecule has 0 unspecified atom stereocenters. The van der Waals surface area contributed by atoms with Crippen LogP contribution in [0.3, 0.4) is 0 Å². The second-order valence-electron chi connectivity index (χ2n) is 3.41. The lowest BCUT2D eigenvalue weighted by Crippen LogP contribution is -2.25. The van der Waals surface area contributed by atoms with Crippen molar-refractivity contribution in [3.63, 3.8) is 0 Å². The second-order valence-corrected chi connectivity index (χ2v) is 3.41. The average Bonchev–Trinajstić information content (AvgIpc) is 2.21. The Labute approximate surface area is 98.4 Å². The minimum Gasteiger partial charge on any atom is -0.466 e. The van der Waals surface area contributed by atoms with Gasteiger partial charge in [0.2, 0.25) is 0 Å². The van der Waals surface area contributed by atoms with Gasteiger partial charge in [-0.3, -0.25) is 9.63 Å². The largest absolute Gasteiger partial charge is 0.466 e. The smallest absolute Gasteiger partial charge is 0.413 e. The highest BCUT2D eigenvalue weighted by molar-refractivity contribution is 5.69. The van der Waals surface area contributed by atoms with E-state index in [0.717, 1.165) is 6.42 Å². The molecule has 0 amide bonds. The zero-order valence-electron chi connectivity index (χ0n) is 9.81. The van der Waals surface area contributed by atoms with E-state index in [2.05, 4.69) is 10.3 Å². The molecule has 0 atom stereocenters. The summed E-state index contributed by atoms with van der Waals surface area (Å²) in [4.78, 5) is 15.1. The van der Waals surface area contributed by atoms with E-state index < -0.39 is 12.8 Å². The quantitative estimate of drug-likeness (QED) is 0.391. The summed E-state index contributed by atoms with van der Waals surface area (Å²) in [6.07, 6.45) is -1.91. The van der Waals surface area contributed by atoms with Crippen LogP contribution in [0, 0.1) is 0 Å². The topological polar surface area (TPSA) is 47.6 Å². The number of hydrogen-bond donors (Lipinski definition) is 1. The van der Waals surface area contributed by atoms with Crippen LogP contribution in [-0.2, 0) is 14.4 Å². The van der Waals surface area contributed by atoms with E-state index in [4.69, 9.17) is 4.74 Å². The number of ether oxygens (including phenoxy) is 1.